The highest BCUT2D eigenvalue weighted by Crippen LogP contribution is 2.26. The highest BCUT2D eigenvalue weighted by atomic mass is 19.3. The summed E-state index contributed by atoms with van der Waals surface area (Å²) < 4.78 is 34.6. The average molecular weight is 332 g/mol. The fraction of sp³-hybridized carbons (Fsp3) is 0.143. The van der Waals surface area contributed by atoms with Gasteiger partial charge in [-0.2, -0.15) is 24.4 Å². The minimum absolute atomic E-state index is 0.0663. The number of halogens is 2. The first-order valence-corrected chi connectivity index (χ1v) is 6.64. The molecule has 3 rings (SSSR count). The van der Waals surface area contributed by atoms with Gasteiger partial charge in [-0.3, -0.25) is 0 Å². The van der Waals surface area contributed by atoms with Gasteiger partial charge >= 0.3 is 6.61 Å². The van der Waals surface area contributed by atoms with Crippen LogP contribution in [0.1, 0.15) is 11.1 Å². The van der Waals surface area contributed by atoms with Crippen molar-refractivity contribution in [2.24, 2.45) is 0 Å². The first kappa shape index (κ1) is 15.4. The number of benzene rings is 1. The molecule has 10 heteroatoms. The lowest BCUT2D eigenvalue weighted by atomic mass is 10.1. The van der Waals surface area contributed by atoms with Crippen molar-refractivity contribution >= 4 is 17.0 Å². The van der Waals surface area contributed by atoms with Crippen molar-refractivity contribution in [3.63, 3.8) is 0 Å². The summed E-state index contributed by atoms with van der Waals surface area (Å²) in [6.07, 6.45) is 0. The minimum Gasteiger partial charge on any atom is -0.486 e. The van der Waals surface area contributed by atoms with E-state index in [1.807, 2.05) is 6.07 Å². The van der Waals surface area contributed by atoms with Gasteiger partial charge in [0.15, 0.2) is 11.3 Å². The summed E-state index contributed by atoms with van der Waals surface area (Å²) in [6.45, 7) is -3.03. The van der Waals surface area contributed by atoms with E-state index in [4.69, 9.17) is 15.7 Å². The number of nitrogen functional groups attached to an aromatic ring is 1. The molecule has 0 saturated heterocycles. The SMILES string of the molecule is N#Cc1ccc(OC(F)F)cc1COc1cc(N)nc2n[nH]nc12. The molecule has 0 unspecified atom stereocenters. The maximum absolute atomic E-state index is 12.3. The standard InChI is InChI=1S/C14H10F2N6O2/c15-14(16)24-9-2-1-7(5-17)8(3-9)6-23-10-4-11(18)19-13-12(10)20-22-21-13/h1-4,14H,6H2,(H3,18,19,20,21,22). The van der Waals surface area contributed by atoms with Crippen LogP contribution in [0, 0.1) is 11.3 Å². The number of nitrogens with two attached hydrogens (primary N) is 1. The Kier molecular flexibility index (Phi) is 4.07. The van der Waals surface area contributed by atoms with Gasteiger partial charge in [0.05, 0.1) is 11.6 Å². The predicted octanol–water partition coefficient (Wildman–Crippen LogP) is 1.99. The number of anilines is 1. The van der Waals surface area contributed by atoms with Crippen molar-refractivity contribution in [1.82, 2.24) is 20.4 Å². The van der Waals surface area contributed by atoms with Crippen LogP contribution in [-0.4, -0.2) is 27.0 Å². The molecule has 0 atom stereocenters. The smallest absolute Gasteiger partial charge is 0.387 e. The molecule has 0 fully saturated rings. The van der Waals surface area contributed by atoms with Crippen molar-refractivity contribution in [1.29, 1.82) is 5.26 Å². The van der Waals surface area contributed by atoms with E-state index in [1.165, 1.54) is 24.3 Å². The van der Waals surface area contributed by atoms with Crippen LogP contribution in [0.25, 0.3) is 11.2 Å². The van der Waals surface area contributed by atoms with E-state index < -0.39 is 6.61 Å². The van der Waals surface area contributed by atoms with Crippen LogP contribution < -0.4 is 15.2 Å². The van der Waals surface area contributed by atoms with Crippen molar-refractivity contribution < 1.29 is 18.3 Å². The summed E-state index contributed by atoms with van der Waals surface area (Å²) in [5.74, 6) is 0.417. The van der Waals surface area contributed by atoms with Crippen LogP contribution in [0.15, 0.2) is 24.3 Å². The largest absolute Gasteiger partial charge is 0.486 e. The summed E-state index contributed by atoms with van der Waals surface area (Å²) >= 11 is 0. The Morgan fingerprint density at radius 2 is 2.12 bits per heavy atom. The molecule has 2 heterocycles. The van der Waals surface area contributed by atoms with Gasteiger partial charge in [-0.15, -0.1) is 5.10 Å². The van der Waals surface area contributed by atoms with Crippen LogP contribution in [0.2, 0.25) is 0 Å². The Morgan fingerprint density at radius 3 is 2.88 bits per heavy atom. The van der Waals surface area contributed by atoms with Gasteiger partial charge < -0.3 is 15.2 Å². The van der Waals surface area contributed by atoms with E-state index in [0.717, 1.165) is 0 Å². The molecule has 0 radical (unpaired) electrons. The summed E-state index contributed by atoms with van der Waals surface area (Å²) in [4.78, 5) is 3.97. The number of H-pyrrole nitrogens is 1. The number of hydrogen-bond acceptors (Lipinski definition) is 7. The van der Waals surface area contributed by atoms with E-state index >= 15 is 0 Å². The molecule has 24 heavy (non-hydrogen) atoms. The molecular formula is C14H10F2N6O2. The highest BCUT2D eigenvalue weighted by Gasteiger charge is 2.13. The van der Waals surface area contributed by atoms with Crippen molar-refractivity contribution in [3.8, 4) is 17.6 Å². The second-order valence-electron chi connectivity index (χ2n) is 4.64. The number of aromatic nitrogens is 4. The maximum atomic E-state index is 12.3. The highest BCUT2D eigenvalue weighted by molar-refractivity contribution is 5.78. The molecule has 0 aliphatic carbocycles. The maximum Gasteiger partial charge on any atom is 0.387 e. The molecule has 3 N–H and O–H groups in total. The summed E-state index contributed by atoms with van der Waals surface area (Å²) in [7, 11) is 0. The van der Waals surface area contributed by atoms with Crippen LogP contribution in [0.4, 0.5) is 14.6 Å². The van der Waals surface area contributed by atoms with Crippen LogP contribution in [0.3, 0.4) is 0 Å². The van der Waals surface area contributed by atoms with Gasteiger partial charge in [0.2, 0.25) is 5.65 Å². The van der Waals surface area contributed by atoms with E-state index in [2.05, 4.69) is 25.1 Å². The normalized spacial score (nSPS) is 10.8. The molecule has 0 saturated carbocycles. The number of hydrogen-bond donors (Lipinski definition) is 2. The lowest BCUT2D eigenvalue weighted by Crippen LogP contribution is -2.05. The fourth-order valence-electron chi connectivity index (χ4n) is 2.07. The first-order chi connectivity index (χ1) is 11.6. The van der Waals surface area contributed by atoms with E-state index in [1.54, 1.807) is 0 Å². The van der Waals surface area contributed by atoms with Gasteiger partial charge in [0, 0.05) is 11.6 Å². The summed E-state index contributed by atoms with van der Waals surface area (Å²) in [5, 5.41) is 19.2. The zero-order chi connectivity index (χ0) is 17.1. The molecule has 122 valence electrons. The van der Waals surface area contributed by atoms with Gasteiger partial charge in [-0.25, -0.2) is 4.98 Å². The first-order valence-electron chi connectivity index (χ1n) is 6.64. The number of aromatic amines is 1. The molecule has 0 spiro atoms. The number of nitriles is 1. The third kappa shape index (κ3) is 3.14. The average Bonchev–Trinajstić information content (AvgIpc) is 3.00. The molecule has 2 aromatic heterocycles. The third-order valence-electron chi connectivity index (χ3n) is 3.08. The number of ether oxygens (including phenoxy) is 2. The number of pyridine rings is 1. The third-order valence-corrected chi connectivity index (χ3v) is 3.08. The summed E-state index contributed by atoms with van der Waals surface area (Å²) in [5.41, 5.74) is 6.95. The van der Waals surface area contributed by atoms with E-state index in [-0.39, 0.29) is 29.4 Å². The van der Waals surface area contributed by atoms with Gasteiger partial charge in [-0.1, -0.05) is 0 Å². The minimum atomic E-state index is -2.96. The van der Waals surface area contributed by atoms with Gasteiger partial charge in [0.1, 0.15) is 18.2 Å². The molecule has 0 aliphatic heterocycles. The van der Waals surface area contributed by atoms with Gasteiger partial charge in [-0.05, 0) is 18.2 Å². The van der Waals surface area contributed by atoms with Crippen molar-refractivity contribution in [3.05, 3.63) is 35.4 Å². The lowest BCUT2D eigenvalue weighted by Gasteiger charge is -2.10. The van der Waals surface area contributed by atoms with Crippen LogP contribution in [-0.2, 0) is 6.61 Å². The Balaban J connectivity index is 1.87. The molecular weight excluding hydrogens is 322 g/mol. The lowest BCUT2D eigenvalue weighted by molar-refractivity contribution is -0.0499. The predicted molar refractivity (Wildman–Crippen MR) is 78.2 cm³/mol. The fourth-order valence-corrected chi connectivity index (χ4v) is 2.07. The van der Waals surface area contributed by atoms with Crippen molar-refractivity contribution in [2.45, 2.75) is 13.2 Å². The van der Waals surface area contributed by atoms with E-state index in [0.29, 0.717) is 16.8 Å². The van der Waals surface area contributed by atoms with Crippen LogP contribution >= 0.6 is 0 Å². The number of rotatable bonds is 5. The zero-order valence-corrected chi connectivity index (χ0v) is 12.0. The second-order valence-corrected chi connectivity index (χ2v) is 4.64. The Labute approximate surface area is 133 Å². The Morgan fingerprint density at radius 1 is 1.29 bits per heavy atom. The monoisotopic (exact) mass is 332 g/mol. The molecule has 3 aromatic rings. The number of nitrogens with one attached hydrogen (secondary N) is 1. The van der Waals surface area contributed by atoms with Crippen LogP contribution in [0.5, 0.6) is 11.5 Å². The van der Waals surface area contributed by atoms with E-state index in [9.17, 15) is 8.78 Å². The quantitative estimate of drug-likeness (QED) is 0.732. The summed E-state index contributed by atoms with van der Waals surface area (Å²) in [6, 6.07) is 7.40. The Bertz CT molecular complexity index is 921. The number of alkyl halides is 2. The number of nitrogens with zero attached hydrogens (tertiary/aromatic N) is 4. The zero-order valence-electron chi connectivity index (χ0n) is 12.0. The molecule has 1 aromatic carbocycles. The molecule has 8 nitrogen and oxygen atoms in total. The Hall–Kier alpha value is -3.48. The van der Waals surface area contributed by atoms with Crippen molar-refractivity contribution in [2.75, 3.05) is 5.73 Å². The van der Waals surface area contributed by atoms with Gasteiger partial charge in [0.25, 0.3) is 0 Å². The number of fused-ring (bicyclic) bond motifs is 1. The second kappa shape index (κ2) is 6.33. The molecule has 0 bridgehead atoms. The topological polar surface area (TPSA) is 123 Å². The molecule has 0 amide bonds. The molecule has 0 aliphatic rings.